The lowest BCUT2D eigenvalue weighted by Crippen LogP contribution is -1.72. The van der Waals surface area contributed by atoms with Crippen molar-refractivity contribution in [1.82, 2.24) is 0 Å². The van der Waals surface area contributed by atoms with E-state index < -0.39 is 0 Å². The molecule has 13 heavy (non-hydrogen) atoms. The summed E-state index contributed by atoms with van der Waals surface area (Å²) in [5, 5.41) is 2.95. The van der Waals surface area contributed by atoms with Crippen LogP contribution >= 0.6 is 8.19 Å². The van der Waals surface area contributed by atoms with E-state index in [0.29, 0.717) is 0 Å². The van der Waals surface area contributed by atoms with Gasteiger partial charge in [-0.3, -0.25) is 0 Å². The summed E-state index contributed by atoms with van der Waals surface area (Å²) in [5.41, 5.74) is 2.70. The van der Waals surface area contributed by atoms with E-state index in [-0.39, 0.29) is 0 Å². The third-order valence-electron chi connectivity index (χ3n) is 2.19. The van der Waals surface area contributed by atoms with Crippen LogP contribution in [0.4, 0.5) is 0 Å². The van der Waals surface area contributed by atoms with Gasteiger partial charge in [-0.25, -0.2) is 0 Å². The summed E-state index contributed by atoms with van der Waals surface area (Å²) in [7, 11) is 0.870. The van der Waals surface area contributed by atoms with Crippen LogP contribution in [-0.4, -0.2) is 0 Å². The zero-order chi connectivity index (χ0) is 9.26. The highest BCUT2D eigenvalue weighted by Gasteiger charge is 1.97. The summed E-state index contributed by atoms with van der Waals surface area (Å²) in [5.74, 6) is 0. The first kappa shape index (κ1) is 8.59. The van der Waals surface area contributed by atoms with Crippen LogP contribution in [0.15, 0.2) is 36.4 Å². The predicted octanol–water partition coefficient (Wildman–Crippen LogP) is 4.00. The molecule has 0 N–H and O–H groups in total. The molecule has 66 valence electrons. The first-order valence-corrected chi connectivity index (χ1v) is 5.48. The van der Waals surface area contributed by atoms with Crippen molar-refractivity contribution in [1.29, 1.82) is 0 Å². The van der Waals surface area contributed by atoms with Gasteiger partial charge in [0.25, 0.3) is 0 Å². The second kappa shape index (κ2) is 3.40. The fraction of sp³-hybridized carbons (Fsp3) is 0.167. The Hall–Kier alpha value is -1.00. The molecular weight excluding hydrogens is 175 g/mol. The Morgan fingerprint density at radius 1 is 0.846 bits per heavy atom. The van der Waals surface area contributed by atoms with E-state index in [1.165, 1.54) is 21.7 Å². The monoisotopic (exact) mass is 188 g/mol. The summed E-state index contributed by atoms with van der Waals surface area (Å²) >= 11 is 0. The number of aryl methyl sites for hydroxylation is 2. The Morgan fingerprint density at radius 3 is 2.08 bits per heavy atom. The van der Waals surface area contributed by atoms with E-state index in [1.807, 2.05) is 0 Å². The maximum absolute atomic E-state index is 2.23. The minimum Gasteiger partial charge on any atom is -0.129 e. The highest BCUT2D eigenvalue weighted by Crippen LogP contribution is 2.31. The smallest absolute Gasteiger partial charge is 0.00157 e. The Morgan fingerprint density at radius 2 is 1.54 bits per heavy atom. The van der Waals surface area contributed by atoms with E-state index in [9.17, 15) is 0 Å². The quantitative estimate of drug-likeness (QED) is 0.634. The molecule has 0 aliphatic rings. The molecule has 1 heteroatoms. The topological polar surface area (TPSA) is 0 Å². The lowest BCUT2D eigenvalue weighted by Gasteiger charge is -1.97. The second-order valence-electron chi connectivity index (χ2n) is 3.42. The molecule has 1 aromatic carbocycles. The van der Waals surface area contributed by atoms with E-state index >= 15 is 0 Å². The van der Waals surface area contributed by atoms with Crippen molar-refractivity contribution in [2.24, 2.45) is 0 Å². The summed E-state index contributed by atoms with van der Waals surface area (Å²) in [4.78, 5) is 0. The molecule has 0 aliphatic carbocycles. The molecular formula is C12H13P. The Labute approximate surface area is 80.7 Å². The van der Waals surface area contributed by atoms with Crippen LogP contribution in [0.3, 0.4) is 0 Å². The average molecular weight is 188 g/mol. The van der Waals surface area contributed by atoms with Crippen molar-refractivity contribution in [3.63, 3.8) is 0 Å². The van der Waals surface area contributed by atoms with Crippen LogP contribution < -0.4 is 0 Å². The molecule has 1 aromatic heterocycles. The van der Waals surface area contributed by atoms with Crippen LogP contribution in [0.2, 0.25) is 0 Å². The number of hydrogen-bond donors (Lipinski definition) is 0. The molecule has 2 rings (SSSR count). The van der Waals surface area contributed by atoms with Crippen LogP contribution in [0.25, 0.3) is 10.9 Å². The van der Waals surface area contributed by atoms with Gasteiger partial charge in [-0.2, -0.15) is 0 Å². The van der Waals surface area contributed by atoms with Crippen molar-refractivity contribution < 1.29 is 0 Å². The Kier molecular flexibility index (Phi) is 2.24. The maximum atomic E-state index is 2.23. The van der Waals surface area contributed by atoms with Gasteiger partial charge in [0.2, 0.25) is 0 Å². The molecule has 0 spiro atoms. The third kappa shape index (κ3) is 1.84. The molecule has 1 atom stereocenters. The summed E-state index contributed by atoms with van der Waals surface area (Å²) in [6.45, 7) is 4.31. The molecule has 0 saturated carbocycles. The zero-order valence-corrected chi connectivity index (χ0v) is 8.96. The highest BCUT2D eigenvalue weighted by molar-refractivity contribution is 7.35. The van der Waals surface area contributed by atoms with Gasteiger partial charge in [0, 0.05) is 0 Å². The van der Waals surface area contributed by atoms with Crippen LogP contribution in [-0.2, 0) is 0 Å². The van der Waals surface area contributed by atoms with E-state index in [4.69, 9.17) is 0 Å². The van der Waals surface area contributed by atoms with Crippen LogP contribution in [0.5, 0.6) is 0 Å². The van der Waals surface area contributed by atoms with Crippen LogP contribution in [0.1, 0.15) is 10.9 Å². The van der Waals surface area contributed by atoms with Gasteiger partial charge in [-0.05, 0) is 30.0 Å². The lowest BCUT2D eigenvalue weighted by molar-refractivity contribution is 1.48. The number of hydrogen-bond acceptors (Lipinski definition) is 0. The molecule has 0 radical (unpaired) electrons. The van der Waals surface area contributed by atoms with Crippen molar-refractivity contribution >= 4 is 8.19 Å². The van der Waals surface area contributed by atoms with Crippen molar-refractivity contribution in [3.05, 3.63) is 47.3 Å². The van der Waals surface area contributed by atoms with Gasteiger partial charge in [0.05, 0.1) is 0 Å². The molecule has 1 heterocycles. The summed E-state index contributed by atoms with van der Waals surface area (Å²) in [6.07, 6.45) is 0. The largest absolute Gasteiger partial charge is 0.129 e. The number of benzene rings is 1. The second-order valence-corrected chi connectivity index (χ2v) is 5.00. The Balaban J connectivity index is 2.41. The lowest BCUT2D eigenvalue weighted by atomic mass is 10.1. The molecule has 0 saturated heterocycles. The first-order chi connectivity index (χ1) is 6.25. The number of rotatable bonds is 1. The van der Waals surface area contributed by atoms with Gasteiger partial charge >= 0.3 is 0 Å². The maximum Gasteiger partial charge on any atom is -0.00157 e. The predicted molar refractivity (Wildman–Crippen MR) is 60.9 cm³/mol. The van der Waals surface area contributed by atoms with Gasteiger partial charge in [-0.15, -0.1) is 8.19 Å². The van der Waals surface area contributed by atoms with E-state index in [2.05, 4.69) is 50.2 Å². The minimum absolute atomic E-state index is 0.870. The highest BCUT2D eigenvalue weighted by atomic mass is 31.0. The zero-order valence-electron chi connectivity index (χ0n) is 7.96. The summed E-state index contributed by atoms with van der Waals surface area (Å²) in [6, 6.07) is 13.2. The molecule has 0 amide bonds. The fourth-order valence-electron chi connectivity index (χ4n) is 1.41. The summed E-state index contributed by atoms with van der Waals surface area (Å²) < 4.78 is 0. The molecule has 0 aliphatic heterocycles. The van der Waals surface area contributed by atoms with Gasteiger partial charge < -0.3 is 0 Å². The molecule has 2 aromatic rings. The first-order valence-electron chi connectivity index (χ1n) is 4.48. The fourth-order valence-corrected chi connectivity index (χ4v) is 2.47. The SMILES string of the molecule is Cc1ccc(-c2ccc(C)[pH]2)cc1. The normalized spacial score (nSPS) is 10.9. The molecule has 0 nitrogen and oxygen atoms in total. The van der Waals surface area contributed by atoms with Gasteiger partial charge in [-0.1, -0.05) is 42.0 Å². The third-order valence-corrected chi connectivity index (χ3v) is 3.48. The standard InChI is InChI=1S/C12H13P/c1-9-3-6-11(7-4-9)12-8-5-10(2)13-12/h3-8,13H,1-2H3. The van der Waals surface area contributed by atoms with Crippen molar-refractivity contribution in [2.75, 3.05) is 0 Å². The van der Waals surface area contributed by atoms with E-state index in [1.54, 1.807) is 0 Å². The van der Waals surface area contributed by atoms with Crippen LogP contribution in [0, 0.1) is 13.8 Å². The molecule has 0 bridgehead atoms. The van der Waals surface area contributed by atoms with E-state index in [0.717, 1.165) is 8.19 Å². The molecule has 0 fully saturated rings. The van der Waals surface area contributed by atoms with Crippen molar-refractivity contribution in [3.8, 4) is 10.9 Å². The van der Waals surface area contributed by atoms with Gasteiger partial charge in [0.15, 0.2) is 0 Å². The average Bonchev–Trinajstić information content (AvgIpc) is 2.53. The van der Waals surface area contributed by atoms with Crippen molar-refractivity contribution in [2.45, 2.75) is 13.8 Å². The van der Waals surface area contributed by atoms with Gasteiger partial charge in [0.1, 0.15) is 0 Å². The Bertz CT molecular complexity index is 395. The minimum atomic E-state index is 0.870. The molecule has 1 unspecified atom stereocenters.